The van der Waals surface area contributed by atoms with Gasteiger partial charge < -0.3 is 15.5 Å². The van der Waals surface area contributed by atoms with Gasteiger partial charge in [0.15, 0.2) is 0 Å². The van der Waals surface area contributed by atoms with Gasteiger partial charge in [0.1, 0.15) is 12.0 Å². The van der Waals surface area contributed by atoms with Crippen LogP contribution in [0.15, 0.2) is 18.3 Å². The lowest BCUT2D eigenvalue weighted by Crippen LogP contribution is -2.32. The number of nitrogens with zero attached hydrogens (tertiary/aromatic N) is 3. The molecule has 0 aromatic carbocycles. The van der Waals surface area contributed by atoms with Gasteiger partial charge in [-0.15, -0.1) is 0 Å². The van der Waals surface area contributed by atoms with Crippen LogP contribution in [0, 0.1) is 10.1 Å². The van der Waals surface area contributed by atoms with Crippen LogP contribution in [0.25, 0.3) is 0 Å². The Hall–Kier alpha value is -1.73. The second kappa shape index (κ2) is 7.76. The van der Waals surface area contributed by atoms with Crippen LogP contribution >= 0.6 is 0 Å². The third-order valence-electron chi connectivity index (χ3n) is 3.37. The van der Waals surface area contributed by atoms with E-state index in [0.717, 1.165) is 26.2 Å². The van der Waals surface area contributed by atoms with E-state index < -0.39 is 4.92 Å². The van der Waals surface area contributed by atoms with Crippen molar-refractivity contribution in [2.75, 3.05) is 44.6 Å². The molecule has 110 valence electrons. The quantitative estimate of drug-likeness (QED) is 0.421. The molecule has 20 heavy (non-hydrogen) atoms. The molecule has 0 atom stereocenters. The predicted molar refractivity (Wildman–Crippen MR) is 77.9 cm³/mol. The number of rotatable bonds is 8. The molecular weight excluding hydrogens is 258 g/mol. The van der Waals surface area contributed by atoms with Gasteiger partial charge in [0, 0.05) is 32.2 Å². The largest absolute Gasteiger partial charge is 0.369 e. The summed E-state index contributed by atoms with van der Waals surface area (Å²) < 4.78 is 0. The molecule has 1 aliphatic heterocycles. The normalized spacial score (nSPS) is 15.4. The van der Waals surface area contributed by atoms with Crippen LogP contribution in [0.3, 0.4) is 0 Å². The SMILES string of the molecule is O=[N+]([O-])c1ccc(NCCNCCN2CCCC2)nc1. The molecule has 0 bridgehead atoms. The summed E-state index contributed by atoms with van der Waals surface area (Å²) in [4.78, 5) is 16.5. The van der Waals surface area contributed by atoms with E-state index in [-0.39, 0.29) is 5.69 Å². The first-order chi connectivity index (χ1) is 9.75. The van der Waals surface area contributed by atoms with Crippen molar-refractivity contribution in [3.63, 3.8) is 0 Å². The van der Waals surface area contributed by atoms with Gasteiger partial charge in [-0.1, -0.05) is 0 Å². The summed E-state index contributed by atoms with van der Waals surface area (Å²) in [5.74, 6) is 0.664. The van der Waals surface area contributed by atoms with E-state index >= 15 is 0 Å². The van der Waals surface area contributed by atoms with E-state index in [1.54, 1.807) is 6.07 Å². The Morgan fingerprint density at radius 1 is 1.25 bits per heavy atom. The van der Waals surface area contributed by atoms with Gasteiger partial charge in [-0.25, -0.2) is 4.98 Å². The summed E-state index contributed by atoms with van der Waals surface area (Å²) >= 11 is 0. The van der Waals surface area contributed by atoms with E-state index in [4.69, 9.17) is 0 Å². The number of anilines is 1. The zero-order valence-electron chi connectivity index (χ0n) is 11.5. The average molecular weight is 279 g/mol. The van der Waals surface area contributed by atoms with Crippen LogP contribution in [0.4, 0.5) is 11.5 Å². The molecule has 2 N–H and O–H groups in total. The summed E-state index contributed by atoms with van der Waals surface area (Å²) in [5, 5.41) is 17.0. The first-order valence-corrected chi connectivity index (χ1v) is 7.03. The van der Waals surface area contributed by atoms with Gasteiger partial charge in [0.05, 0.1) is 4.92 Å². The number of aromatic nitrogens is 1. The fraction of sp³-hybridized carbons (Fsp3) is 0.615. The second-order valence-electron chi connectivity index (χ2n) is 4.88. The highest BCUT2D eigenvalue weighted by atomic mass is 16.6. The minimum absolute atomic E-state index is 0.0132. The van der Waals surface area contributed by atoms with Gasteiger partial charge in [-0.3, -0.25) is 10.1 Å². The standard InChI is InChI=1S/C13H21N5O2/c19-18(20)12-3-4-13(16-11-12)15-6-5-14-7-10-17-8-1-2-9-17/h3-4,11,14H,1-2,5-10H2,(H,15,16). The zero-order chi connectivity index (χ0) is 14.2. The smallest absolute Gasteiger partial charge is 0.287 e. The Bertz CT molecular complexity index is 417. The van der Waals surface area contributed by atoms with Crippen LogP contribution in [0.1, 0.15) is 12.8 Å². The summed E-state index contributed by atoms with van der Waals surface area (Å²) in [6.07, 6.45) is 3.92. The Labute approximate surface area is 118 Å². The summed E-state index contributed by atoms with van der Waals surface area (Å²) in [6, 6.07) is 3.08. The van der Waals surface area contributed by atoms with Crippen molar-refractivity contribution in [1.29, 1.82) is 0 Å². The number of pyridine rings is 1. The van der Waals surface area contributed by atoms with Gasteiger partial charge in [0.25, 0.3) is 5.69 Å². The van der Waals surface area contributed by atoms with Gasteiger partial charge in [-0.2, -0.15) is 0 Å². The Balaban J connectivity index is 1.55. The van der Waals surface area contributed by atoms with Crippen LogP contribution in [0.2, 0.25) is 0 Å². The molecule has 1 fully saturated rings. The number of hydrogen-bond donors (Lipinski definition) is 2. The minimum Gasteiger partial charge on any atom is -0.369 e. The maximum atomic E-state index is 10.5. The van der Waals surface area contributed by atoms with E-state index in [1.807, 2.05) is 0 Å². The summed E-state index contributed by atoms with van der Waals surface area (Å²) in [6.45, 7) is 6.17. The molecule has 0 saturated carbocycles. The zero-order valence-corrected chi connectivity index (χ0v) is 11.5. The van der Waals surface area contributed by atoms with Crippen LogP contribution in [-0.2, 0) is 0 Å². The van der Waals surface area contributed by atoms with E-state index in [1.165, 1.54) is 38.2 Å². The average Bonchev–Trinajstić information content (AvgIpc) is 2.96. The maximum absolute atomic E-state index is 10.5. The Morgan fingerprint density at radius 2 is 2.05 bits per heavy atom. The fourth-order valence-corrected chi connectivity index (χ4v) is 2.25. The number of likely N-dealkylation sites (tertiary alicyclic amines) is 1. The fourth-order valence-electron chi connectivity index (χ4n) is 2.25. The van der Waals surface area contributed by atoms with Gasteiger partial charge in [-0.05, 0) is 32.0 Å². The molecule has 0 spiro atoms. The monoisotopic (exact) mass is 279 g/mol. The van der Waals surface area contributed by atoms with Crippen molar-refractivity contribution >= 4 is 11.5 Å². The van der Waals surface area contributed by atoms with Gasteiger partial charge >= 0.3 is 0 Å². The highest BCUT2D eigenvalue weighted by Crippen LogP contribution is 2.11. The van der Waals surface area contributed by atoms with Crippen molar-refractivity contribution in [2.24, 2.45) is 0 Å². The highest BCUT2D eigenvalue weighted by Gasteiger charge is 2.09. The van der Waals surface area contributed by atoms with Crippen molar-refractivity contribution in [3.05, 3.63) is 28.4 Å². The van der Waals surface area contributed by atoms with E-state index in [0.29, 0.717) is 5.82 Å². The molecule has 7 nitrogen and oxygen atoms in total. The predicted octanol–water partition coefficient (Wildman–Crippen LogP) is 1.09. The number of nitrogens with one attached hydrogen (secondary N) is 2. The van der Waals surface area contributed by atoms with Crippen LogP contribution in [-0.4, -0.2) is 54.1 Å². The lowest BCUT2D eigenvalue weighted by molar-refractivity contribution is -0.385. The third kappa shape index (κ3) is 4.75. The number of hydrogen-bond acceptors (Lipinski definition) is 6. The molecule has 1 saturated heterocycles. The molecule has 2 rings (SSSR count). The second-order valence-corrected chi connectivity index (χ2v) is 4.88. The van der Waals surface area contributed by atoms with E-state index in [2.05, 4.69) is 20.5 Å². The van der Waals surface area contributed by atoms with Crippen molar-refractivity contribution in [1.82, 2.24) is 15.2 Å². The van der Waals surface area contributed by atoms with Crippen molar-refractivity contribution in [3.8, 4) is 0 Å². The maximum Gasteiger partial charge on any atom is 0.287 e. The minimum atomic E-state index is -0.448. The van der Waals surface area contributed by atoms with Crippen molar-refractivity contribution in [2.45, 2.75) is 12.8 Å². The molecule has 1 aromatic rings. The molecule has 1 aliphatic rings. The van der Waals surface area contributed by atoms with E-state index in [9.17, 15) is 10.1 Å². The third-order valence-corrected chi connectivity index (χ3v) is 3.37. The molecular formula is C13H21N5O2. The molecule has 0 unspecified atom stereocenters. The topological polar surface area (TPSA) is 83.3 Å². The number of nitro groups is 1. The molecule has 2 heterocycles. The summed E-state index contributed by atoms with van der Waals surface area (Å²) in [7, 11) is 0. The lowest BCUT2D eigenvalue weighted by atomic mass is 10.4. The first-order valence-electron chi connectivity index (χ1n) is 7.03. The van der Waals surface area contributed by atoms with Crippen LogP contribution in [0.5, 0.6) is 0 Å². The highest BCUT2D eigenvalue weighted by molar-refractivity contribution is 5.39. The molecule has 0 aliphatic carbocycles. The first kappa shape index (κ1) is 14.7. The van der Waals surface area contributed by atoms with Crippen molar-refractivity contribution < 1.29 is 4.92 Å². The lowest BCUT2D eigenvalue weighted by Gasteiger charge is -2.14. The molecule has 1 aromatic heterocycles. The summed E-state index contributed by atoms with van der Waals surface area (Å²) in [5.41, 5.74) is 0.0132. The Kier molecular flexibility index (Phi) is 5.69. The molecule has 7 heteroatoms. The molecule has 0 radical (unpaired) electrons. The van der Waals surface area contributed by atoms with Gasteiger partial charge in [0.2, 0.25) is 0 Å². The Morgan fingerprint density at radius 3 is 2.70 bits per heavy atom. The molecule has 0 amide bonds. The van der Waals surface area contributed by atoms with Crippen LogP contribution < -0.4 is 10.6 Å².